The van der Waals surface area contributed by atoms with Gasteiger partial charge in [-0.25, -0.2) is 10.2 Å². The Morgan fingerprint density at radius 2 is 1.79 bits per heavy atom. The van der Waals surface area contributed by atoms with Gasteiger partial charge in [0.2, 0.25) is 5.91 Å². The molecule has 19 heavy (non-hydrogen) atoms. The van der Waals surface area contributed by atoms with Crippen molar-refractivity contribution in [1.29, 1.82) is 0 Å². The van der Waals surface area contributed by atoms with Crippen LogP contribution in [-0.2, 0) is 4.79 Å². The predicted molar refractivity (Wildman–Crippen MR) is 70.7 cm³/mol. The average molecular weight is 265 g/mol. The minimum Gasteiger partial charge on any atom is -0.350 e. The molecule has 106 valence electrons. The van der Waals surface area contributed by atoms with Gasteiger partial charge in [0.05, 0.1) is 0 Å². The number of amides is 3. The Morgan fingerprint density at radius 3 is 2.32 bits per heavy atom. The minimum atomic E-state index is -0.717. The second-order valence-corrected chi connectivity index (χ2v) is 7.49. The molecule has 0 spiro atoms. The summed E-state index contributed by atoms with van der Waals surface area (Å²) >= 11 is 0. The predicted octanol–water partition coefficient (Wildman–Crippen LogP) is 1.68. The van der Waals surface area contributed by atoms with E-state index in [1.54, 1.807) is 0 Å². The summed E-state index contributed by atoms with van der Waals surface area (Å²) in [6, 6.07) is -0.717. The van der Waals surface area contributed by atoms with Gasteiger partial charge in [-0.2, -0.15) is 0 Å². The molecule has 0 unspecified atom stereocenters. The summed E-state index contributed by atoms with van der Waals surface area (Å²) in [6.07, 6.45) is 8.09. The van der Waals surface area contributed by atoms with Gasteiger partial charge in [0.1, 0.15) is 0 Å². The lowest BCUT2D eigenvalue weighted by Gasteiger charge is -2.61. The fourth-order valence-corrected chi connectivity index (χ4v) is 5.65. The zero-order valence-corrected chi connectivity index (χ0v) is 11.5. The number of nitrogens with one attached hydrogen (secondary N) is 2. The average Bonchev–Trinajstić information content (AvgIpc) is 2.21. The Balaban J connectivity index is 1.67. The number of hydrogen-bond donors (Lipinski definition) is 3. The van der Waals surface area contributed by atoms with E-state index in [1.807, 2.05) is 0 Å². The Morgan fingerprint density at radius 1 is 1.16 bits per heavy atom. The summed E-state index contributed by atoms with van der Waals surface area (Å²) in [7, 11) is 0. The number of primary amides is 1. The first kappa shape index (κ1) is 12.8. The molecule has 4 bridgehead atoms. The smallest absolute Gasteiger partial charge is 0.330 e. The Hall–Kier alpha value is -1.26. The van der Waals surface area contributed by atoms with Gasteiger partial charge in [-0.15, -0.1) is 0 Å². The Kier molecular flexibility index (Phi) is 2.76. The van der Waals surface area contributed by atoms with Crippen molar-refractivity contribution in [3.05, 3.63) is 0 Å². The molecular weight excluding hydrogens is 242 g/mol. The molecule has 0 saturated heterocycles. The van der Waals surface area contributed by atoms with E-state index in [2.05, 4.69) is 17.8 Å². The highest BCUT2D eigenvalue weighted by Gasteiger charge is 2.56. The lowest BCUT2D eigenvalue weighted by Crippen LogP contribution is -2.53. The van der Waals surface area contributed by atoms with Gasteiger partial charge in [0, 0.05) is 6.42 Å². The van der Waals surface area contributed by atoms with Crippen molar-refractivity contribution in [2.75, 3.05) is 0 Å². The van der Waals surface area contributed by atoms with Crippen LogP contribution in [0.3, 0.4) is 0 Å². The van der Waals surface area contributed by atoms with Gasteiger partial charge in [0.15, 0.2) is 0 Å². The third-order valence-electron chi connectivity index (χ3n) is 5.34. The molecule has 4 aliphatic rings. The zero-order chi connectivity index (χ0) is 13.7. The first-order chi connectivity index (χ1) is 8.88. The molecule has 0 heterocycles. The summed E-state index contributed by atoms with van der Waals surface area (Å²) in [6.45, 7) is 2.39. The molecule has 4 fully saturated rings. The van der Waals surface area contributed by atoms with Crippen LogP contribution in [0.2, 0.25) is 0 Å². The molecular formula is C14H23N3O2. The molecule has 4 saturated carbocycles. The third-order valence-corrected chi connectivity index (χ3v) is 5.34. The molecule has 5 heteroatoms. The van der Waals surface area contributed by atoms with E-state index in [9.17, 15) is 9.59 Å². The van der Waals surface area contributed by atoms with E-state index >= 15 is 0 Å². The van der Waals surface area contributed by atoms with Gasteiger partial charge >= 0.3 is 6.03 Å². The Labute approximate surface area is 113 Å². The van der Waals surface area contributed by atoms with Crippen LogP contribution in [-0.4, -0.2) is 11.9 Å². The summed E-state index contributed by atoms with van der Waals surface area (Å²) in [4.78, 5) is 22.6. The van der Waals surface area contributed by atoms with E-state index in [0.29, 0.717) is 11.8 Å². The van der Waals surface area contributed by atoms with Crippen LogP contribution in [0, 0.1) is 22.7 Å². The lowest BCUT2D eigenvalue weighted by atomic mass is 9.44. The van der Waals surface area contributed by atoms with Crippen molar-refractivity contribution in [3.63, 3.8) is 0 Å². The monoisotopic (exact) mass is 265 g/mol. The Bertz CT molecular complexity index is 407. The van der Waals surface area contributed by atoms with E-state index in [4.69, 9.17) is 5.73 Å². The van der Waals surface area contributed by atoms with Gasteiger partial charge < -0.3 is 5.73 Å². The molecule has 2 atom stereocenters. The van der Waals surface area contributed by atoms with Crippen molar-refractivity contribution in [3.8, 4) is 0 Å². The number of rotatable bonds is 2. The van der Waals surface area contributed by atoms with Crippen molar-refractivity contribution >= 4 is 11.9 Å². The highest BCUT2D eigenvalue weighted by Crippen LogP contribution is 2.66. The number of hydrazine groups is 1. The van der Waals surface area contributed by atoms with E-state index in [0.717, 1.165) is 18.3 Å². The second kappa shape index (κ2) is 4.12. The maximum absolute atomic E-state index is 12.0. The third kappa shape index (κ3) is 2.42. The molecule has 0 aliphatic heterocycles. The van der Waals surface area contributed by atoms with Crippen LogP contribution in [0.1, 0.15) is 51.9 Å². The van der Waals surface area contributed by atoms with E-state index in [-0.39, 0.29) is 11.3 Å². The van der Waals surface area contributed by atoms with Crippen LogP contribution in [0.4, 0.5) is 4.79 Å². The quantitative estimate of drug-likeness (QED) is 0.664. The van der Waals surface area contributed by atoms with E-state index in [1.165, 1.54) is 32.1 Å². The highest BCUT2D eigenvalue weighted by molar-refractivity contribution is 5.80. The number of nitrogens with two attached hydrogens (primary N) is 1. The van der Waals surface area contributed by atoms with Crippen molar-refractivity contribution < 1.29 is 9.59 Å². The normalized spacial score (nSPS) is 43.0. The summed E-state index contributed by atoms with van der Waals surface area (Å²) in [5, 5.41) is 0. The lowest BCUT2D eigenvalue weighted by molar-refractivity contribution is -0.137. The van der Waals surface area contributed by atoms with Gasteiger partial charge in [-0.05, 0) is 61.2 Å². The molecule has 4 aliphatic carbocycles. The summed E-state index contributed by atoms with van der Waals surface area (Å²) in [5.41, 5.74) is 10.2. The van der Waals surface area contributed by atoms with Crippen LogP contribution in [0.25, 0.3) is 0 Å². The summed E-state index contributed by atoms with van der Waals surface area (Å²) in [5.74, 6) is 1.51. The van der Waals surface area contributed by atoms with Crippen LogP contribution in [0.15, 0.2) is 0 Å². The van der Waals surface area contributed by atoms with Gasteiger partial charge in [-0.1, -0.05) is 6.92 Å². The fourth-order valence-electron chi connectivity index (χ4n) is 5.65. The van der Waals surface area contributed by atoms with Crippen molar-refractivity contribution in [1.82, 2.24) is 10.9 Å². The molecule has 0 aromatic carbocycles. The maximum atomic E-state index is 12.0. The van der Waals surface area contributed by atoms with Gasteiger partial charge in [0.25, 0.3) is 0 Å². The summed E-state index contributed by atoms with van der Waals surface area (Å²) < 4.78 is 0. The molecule has 5 nitrogen and oxygen atoms in total. The van der Waals surface area contributed by atoms with Crippen LogP contribution < -0.4 is 16.6 Å². The topological polar surface area (TPSA) is 84.2 Å². The van der Waals surface area contributed by atoms with E-state index < -0.39 is 6.03 Å². The van der Waals surface area contributed by atoms with Crippen molar-refractivity contribution in [2.24, 2.45) is 28.4 Å². The first-order valence-corrected chi connectivity index (χ1v) is 7.22. The molecule has 4 N–H and O–H groups in total. The maximum Gasteiger partial charge on any atom is 0.330 e. The number of carbonyl (C=O) groups is 2. The van der Waals surface area contributed by atoms with Crippen molar-refractivity contribution in [2.45, 2.75) is 51.9 Å². The number of hydrogen-bond acceptors (Lipinski definition) is 2. The van der Waals surface area contributed by atoms with Gasteiger partial charge in [-0.3, -0.25) is 10.2 Å². The molecule has 0 aromatic heterocycles. The molecule has 4 rings (SSSR count). The zero-order valence-electron chi connectivity index (χ0n) is 11.5. The molecule has 0 aromatic rings. The van der Waals surface area contributed by atoms with Crippen LogP contribution in [0.5, 0.6) is 0 Å². The molecule has 3 amide bonds. The second-order valence-electron chi connectivity index (χ2n) is 7.49. The standard InChI is InChI=1S/C14H23N3O2/c1-13-3-9-2-10(4-13)6-14(5-9,8-13)7-11(18)16-17-12(15)19/h9-10H,2-8H2,1H3,(H,16,18)(H3,15,17,19)/t9-,10-,13?,14?/m0/s1. The highest BCUT2D eigenvalue weighted by atomic mass is 16.2. The first-order valence-electron chi connectivity index (χ1n) is 7.22. The molecule has 0 radical (unpaired) electrons. The largest absolute Gasteiger partial charge is 0.350 e. The minimum absolute atomic E-state index is 0.107. The SMILES string of the molecule is CC12C[C@@H]3C[C@@H](C1)CC(CC(=O)NNC(N)=O)(C3)C2. The number of urea groups is 1. The van der Waals surface area contributed by atoms with Crippen LogP contribution >= 0.6 is 0 Å². The fraction of sp³-hybridized carbons (Fsp3) is 0.857. The number of carbonyl (C=O) groups excluding carboxylic acids is 2.